The summed E-state index contributed by atoms with van der Waals surface area (Å²) in [6.07, 6.45) is 0. The summed E-state index contributed by atoms with van der Waals surface area (Å²) in [4.78, 5) is 16.8. The SMILES string of the molecule is COc1ccc(-c2nc3c(-c4cccc5[nH]c(-c6ccccc6)nc45)cccc3[nH]2)cc1. The molecule has 0 atom stereocenters. The van der Waals surface area contributed by atoms with Crippen LogP contribution in [0.3, 0.4) is 0 Å². The summed E-state index contributed by atoms with van der Waals surface area (Å²) >= 11 is 0. The van der Waals surface area contributed by atoms with Crippen molar-refractivity contribution in [1.82, 2.24) is 19.9 Å². The molecule has 154 valence electrons. The van der Waals surface area contributed by atoms with Crippen molar-refractivity contribution in [3.8, 4) is 39.7 Å². The Bertz CT molecular complexity index is 1550. The van der Waals surface area contributed by atoms with Gasteiger partial charge in [-0.15, -0.1) is 0 Å². The summed E-state index contributed by atoms with van der Waals surface area (Å²) in [5, 5.41) is 0. The van der Waals surface area contributed by atoms with Gasteiger partial charge in [-0.2, -0.15) is 0 Å². The van der Waals surface area contributed by atoms with Crippen LogP contribution in [0.15, 0.2) is 91.0 Å². The summed E-state index contributed by atoms with van der Waals surface area (Å²) in [7, 11) is 1.67. The topological polar surface area (TPSA) is 66.6 Å². The van der Waals surface area contributed by atoms with Gasteiger partial charge in [-0.25, -0.2) is 9.97 Å². The minimum atomic E-state index is 0.824. The smallest absolute Gasteiger partial charge is 0.138 e. The molecule has 0 bridgehead atoms. The summed E-state index contributed by atoms with van der Waals surface area (Å²) in [5.74, 6) is 2.51. The molecule has 2 aromatic heterocycles. The molecule has 0 aliphatic rings. The van der Waals surface area contributed by atoms with E-state index in [0.717, 1.165) is 61.7 Å². The number of hydrogen-bond acceptors (Lipinski definition) is 3. The molecular formula is C27H20N4O. The molecule has 0 spiro atoms. The van der Waals surface area contributed by atoms with Crippen LogP contribution in [0.1, 0.15) is 0 Å². The summed E-state index contributed by atoms with van der Waals surface area (Å²) in [6.45, 7) is 0. The molecule has 2 N–H and O–H groups in total. The zero-order valence-electron chi connectivity index (χ0n) is 17.5. The molecule has 6 rings (SSSR count). The van der Waals surface area contributed by atoms with Crippen molar-refractivity contribution < 1.29 is 4.74 Å². The lowest BCUT2D eigenvalue weighted by molar-refractivity contribution is 0.415. The largest absolute Gasteiger partial charge is 0.497 e. The number of H-pyrrole nitrogens is 2. The Morgan fingerprint density at radius 2 is 1.09 bits per heavy atom. The number of methoxy groups -OCH3 is 1. The summed E-state index contributed by atoms with van der Waals surface area (Å²) in [5.41, 5.74) is 8.04. The van der Waals surface area contributed by atoms with E-state index in [4.69, 9.17) is 14.7 Å². The third-order valence-electron chi connectivity index (χ3n) is 5.73. The number of fused-ring (bicyclic) bond motifs is 2. The average molecular weight is 416 g/mol. The molecule has 0 saturated carbocycles. The predicted molar refractivity (Wildman–Crippen MR) is 129 cm³/mol. The number of para-hydroxylation sites is 2. The molecule has 0 fully saturated rings. The number of nitrogens with zero attached hydrogens (tertiary/aromatic N) is 2. The van der Waals surface area contributed by atoms with Crippen LogP contribution in [0.5, 0.6) is 5.75 Å². The van der Waals surface area contributed by atoms with Crippen molar-refractivity contribution in [2.75, 3.05) is 7.11 Å². The number of aromatic amines is 2. The maximum Gasteiger partial charge on any atom is 0.138 e. The van der Waals surface area contributed by atoms with Crippen LogP contribution in [0.4, 0.5) is 0 Å². The number of aromatic nitrogens is 4. The normalized spacial score (nSPS) is 11.3. The summed E-state index contributed by atoms with van der Waals surface area (Å²) in [6, 6.07) is 30.5. The number of imidazole rings is 2. The molecule has 0 amide bonds. The molecule has 5 nitrogen and oxygen atoms in total. The molecule has 0 aliphatic carbocycles. The molecule has 0 radical (unpaired) electrons. The van der Waals surface area contributed by atoms with Crippen LogP contribution in [0, 0.1) is 0 Å². The van der Waals surface area contributed by atoms with E-state index in [2.05, 4.69) is 58.5 Å². The number of rotatable bonds is 4. The molecule has 0 unspecified atom stereocenters. The van der Waals surface area contributed by atoms with E-state index in [-0.39, 0.29) is 0 Å². The first kappa shape index (κ1) is 18.4. The Labute approximate surface area is 184 Å². The molecule has 2 heterocycles. The van der Waals surface area contributed by atoms with Crippen LogP contribution < -0.4 is 4.74 Å². The Kier molecular flexibility index (Phi) is 4.25. The zero-order chi connectivity index (χ0) is 21.5. The average Bonchev–Trinajstić information content (AvgIpc) is 3.49. The van der Waals surface area contributed by atoms with Gasteiger partial charge in [0, 0.05) is 22.3 Å². The number of benzene rings is 4. The van der Waals surface area contributed by atoms with E-state index in [9.17, 15) is 0 Å². The standard InChI is InChI=1S/C27H20N4O/c1-32-19-15-13-18(14-16-19)27-29-23-12-6-10-21(25(23)31-27)20-9-5-11-22-24(20)30-26(28-22)17-7-3-2-4-8-17/h2-16H,1H3,(H,28,30)(H,29,31). The van der Waals surface area contributed by atoms with Gasteiger partial charge in [0.25, 0.3) is 0 Å². The minimum absolute atomic E-state index is 0.824. The van der Waals surface area contributed by atoms with Crippen LogP contribution >= 0.6 is 0 Å². The lowest BCUT2D eigenvalue weighted by Gasteiger charge is -2.03. The molecular weight excluding hydrogens is 396 g/mol. The maximum absolute atomic E-state index is 5.28. The quantitative estimate of drug-likeness (QED) is 0.347. The van der Waals surface area contributed by atoms with Crippen molar-refractivity contribution in [1.29, 1.82) is 0 Å². The van der Waals surface area contributed by atoms with Crippen molar-refractivity contribution >= 4 is 22.1 Å². The van der Waals surface area contributed by atoms with Crippen molar-refractivity contribution in [2.24, 2.45) is 0 Å². The fraction of sp³-hybridized carbons (Fsp3) is 0.0370. The molecule has 4 aromatic carbocycles. The van der Waals surface area contributed by atoms with Gasteiger partial charge in [-0.3, -0.25) is 0 Å². The third-order valence-corrected chi connectivity index (χ3v) is 5.73. The second kappa shape index (κ2) is 7.39. The fourth-order valence-electron chi connectivity index (χ4n) is 4.12. The molecule has 5 heteroatoms. The third kappa shape index (κ3) is 3.03. The van der Waals surface area contributed by atoms with Crippen molar-refractivity contribution in [2.45, 2.75) is 0 Å². The Morgan fingerprint density at radius 3 is 1.62 bits per heavy atom. The van der Waals surface area contributed by atoms with Crippen molar-refractivity contribution in [3.05, 3.63) is 91.0 Å². The highest BCUT2D eigenvalue weighted by atomic mass is 16.5. The highest BCUT2D eigenvalue weighted by Crippen LogP contribution is 2.34. The molecule has 6 aromatic rings. The Hall–Kier alpha value is -4.38. The van der Waals surface area contributed by atoms with Gasteiger partial charge < -0.3 is 14.7 Å². The van der Waals surface area contributed by atoms with E-state index in [1.54, 1.807) is 7.11 Å². The van der Waals surface area contributed by atoms with E-state index in [0.29, 0.717) is 0 Å². The van der Waals surface area contributed by atoms with Gasteiger partial charge in [-0.05, 0) is 36.4 Å². The van der Waals surface area contributed by atoms with Gasteiger partial charge in [-0.1, -0.05) is 54.6 Å². The fourth-order valence-corrected chi connectivity index (χ4v) is 4.12. The lowest BCUT2D eigenvalue weighted by atomic mass is 10.0. The first-order valence-electron chi connectivity index (χ1n) is 10.5. The van der Waals surface area contributed by atoms with Gasteiger partial charge in [0.15, 0.2) is 0 Å². The second-order valence-electron chi connectivity index (χ2n) is 7.67. The molecule has 0 aliphatic heterocycles. The van der Waals surface area contributed by atoms with Crippen LogP contribution in [0.25, 0.3) is 56.0 Å². The van der Waals surface area contributed by atoms with Gasteiger partial charge >= 0.3 is 0 Å². The lowest BCUT2D eigenvalue weighted by Crippen LogP contribution is -1.84. The maximum atomic E-state index is 5.28. The highest BCUT2D eigenvalue weighted by molar-refractivity contribution is 6.02. The van der Waals surface area contributed by atoms with E-state index >= 15 is 0 Å². The predicted octanol–water partition coefficient (Wildman–Crippen LogP) is 6.45. The second-order valence-corrected chi connectivity index (χ2v) is 7.67. The van der Waals surface area contributed by atoms with Gasteiger partial charge in [0.2, 0.25) is 0 Å². The van der Waals surface area contributed by atoms with E-state index in [1.807, 2.05) is 42.5 Å². The minimum Gasteiger partial charge on any atom is -0.497 e. The Morgan fingerprint density at radius 1 is 0.562 bits per heavy atom. The molecule has 0 saturated heterocycles. The number of nitrogens with one attached hydrogen (secondary N) is 2. The Balaban J connectivity index is 1.50. The number of ether oxygens (including phenoxy) is 1. The van der Waals surface area contributed by atoms with Crippen molar-refractivity contribution in [3.63, 3.8) is 0 Å². The first-order valence-corrected chi connectivity index (χ1v) is 10.5. The first-order chi connectivity index (χ1) is 15.8. The zero-order valence-corrected chi connectivity index (χ0v) is 17.5. The summed E-state index contributed by atoms with van der Waals surface area (Å²) < 4.78 is 5.28. The number of hydrogen-bond donors (Lipinski definition) is 2. The van der Waals surface area contributed by atoms with Gasteiger partial charge in [0.05, 0.1) is 29.2 Å². The highest BCUT2D eigenvalue weighted by Gasteiger charge is 2.15. The van der Waals surface area contributed by atoms with Gasteiger partial charge in [0.1, 0.15) is 17.4 Å². The monoisotopic (exact) mass is 416 g/mol. The van der Waals surface area contributed by atoms with Crippen LogP contribution in [0.2, 0.25) is 0 Å². The molecule has 32 heavy (non-hydrogen) atoms. The van der Waals surface area contributed by atoms with E-state index in [1.165, 1.54) is 0 Å². The van der Waals surface area contributed by atoms with E-state index < -0.39 is 0 Å². The van der Waals surface area contributed by atoms with Crippen LogP contribution in [-0.4, -0.2) is 27.0 Å². The van der Waals surface area contributed by atoms with Crippen LogP contribution in [-0.2, 0) is 0 Å².